The third kappa shape index (κ3) is 8.84. The van der Waals surface area contributed by atoms with E-state index in [1.807, 2.05) is 30.3 Å². The normalized spacial score (nSPS) is 14.3. The van der Waals surface area contributed by atoms with Gasteiger partial charge in [0.05, 0.1) is 5.56 Å². The highest BCUT2D eigenvalue weighted by Gasteiger charge is 2.45. The van der Waals surface area contributed by atoms with Crippen LogP contribution < -0.4 is 26.2 Å². The molecule has 372 valence electrons. The SMILES string of the molecule is O=C(OCc1ccccc1)c1cc2c3c(c1)N(c1cc(-c4ccccc4)cc(-c4ccccc4)c1)c1cc4c(cc1B3c1cc3c(cc1N2c1cc(-c2ccccc2)cc(-c2ccccc2)c1)CCCCC3)CCCCC4. The van der Waals surface area contributed by atoms with E-state index < -0.39 is 0 Å². The molecule has 2 aliphatic carbocycles. The van der Waals surface area contributed by atoms with Gasteiger partial charge in [-0.15, -0.1) is 0 Å². The molecule has 2 heterocycles. The van der Waals surface area contributed by atoms with Crippen LogP contribution in [0.25, 0.3) is 44.5 Å². The maximum Gasteiger partial charge on any atom is 0.338 e. The molecule has 4 aliphatic rings. The predicted octanol–water partition coefficient (Wildman–Crippen LogP) is 16.3. The number of hydrogen-bond acceptors (Lipinski definition) is 4. The van der Waals surface area contributed by atoms with Gasteiger partial charge in [0.1, 0.15) is 6.61 Å². The van der Waals surface area contributed by atoms with Crippen LogP contribution in [0.4, 0.5) is 34.1 Å². The Bertz CT molecular complexity index is 3500. The van der Waals surface area contributed by atoms with Crippen molar-refractivity contribution in [2.45, 2.75) is 70.8 Å². The molecule has 10 aromatic rings. The molecule has 0 atom stereocenters. The quantitative estimate of drug-likeness (QED) is 0.0820. The molecule has 0 radical (unpaired) electrons. The number of benzene rings is 10. The molecule has 0 bridgehead atoms. The summed E-state index contributed by atoms with van der Waals surface area (Å²) in [5.41, 5.74) is 26.7. The van der Waals surface area contributed by atoms with Gasteiger partial charge in [0, 0.05) is 34.1 Å². The maximum atomic E-state index is 15.2. The molecule has 2 aliphatic heterocycles. The van der Waals surface area contributed by atoms with Gasteiger partial charge in [-0.1, -0.05) is 177 Å². The molecule has 4 nitrogen and oxygen atoms in total. The van der Waals surface area contributed by atoms with Crippen molar-refractivity contribution in [1.82, 2.24) is 0 Å². The van der Waals surface area contributed by atoms with Gasteiger partial charge in [0.2, 0.25) is 0 Å². The van der Waals surface area contributed by atoms with Crippen LogP contribution in [0, 0.1) is 0 Å². The van der Waals surface area contributed by atoms with Crippen LogP contribution >= 0.6 is 0 Å². The molecule has 0 unspecified atom stereocenters. The van der Waals surface area contributed by atoms with Crippen LogP contribution in [0.15, 0.2) is 224 Å². The summed E-state index contributed by atoms with van der Waals surface area (Å²) in [7, 11) is 0. The highest BCUT2D eigenvalue weighted by Crippen LogP contribution is 2.49. The fourth-order valence-electron chi connectivity index (χ4n) is 13.0. The Hall–Kier alpha value is -8.67. The number of carbonyl (C=O) groups is 1. The van der Waals surface area contributed by atoms with Gasteiger partial charge < -0.3 is 14.5 Å². The highest BCUT2D eigenvalue weighted by atomic mass is 16.5. The number of fused-ring (bicyclic) bond motifs is 6. The molecule has 0 N–H and O–H groups in total. The lowest BCUT2D eigenvalue weighted by Crippen LogP contribution is -2.61. The minimum Gasteiger partial charge on any atom is -0.457 e. The first-order chi connectivity index (χ1) is 38.1. The fraction of sp³-hybridized carbons (Fsp3) is 0.153. The molecule has 0 spiro atoms. The van der Waals surface area contributed by atoms with Gasteiger partial charge in [0.25, 0.3) is 6.71 Å². The average molecular weight is 995 g/mol. The van der Waals surface area contributed by atoms with Crippen LogP contribution in [-0.2, 0) is 37.0 Å². The number of carbonyl (C=O) groups excluding carboxylic acids is 1. The van der Waals surface area contributed by atoms with E-state index in [9.17, 15) is 0 Å². The molecule has 5 heteroatoms. The Morgan fingerprint density at radius 2 is 0.714 bits per heavy atom. The summed E-state index contributed by atoms with van der Waals surface area (Å²) in [6, 6.07) is 81.9. The van der Waals surface area contributed by atoms with Crippen molar-refractivity contribution in [3.05, 3.63) is 258 Å². The zero-order valence-electron chi connectivity index (χ0n) is 43.4. The fourth-order valence-corrected chi connectivity index (χ4v) is 13.0. The maximum absolute atomic E-state index is 15.2. The van der Waals surface area contributed by atoms with Gasteiger partial charge in [0.15, 0.2) is 0 Å². The summed E-state index contributed by atoms with van der Waals surface area (Å²) in [5.74, 6) is -0.351. The van der Waals surface area contributed by atoms with E-state index in [4.69, 9.17) is 4.74 Å². The van der Waals surface area contributed by atoms with Crippen molar-refractivity contribution >= 4 is 63.2 Å². The number of rotatable bonds is 9. The number of ether oxygens (including phenoxy) is 1. The highest BCUT2D eigenvalue weighted by molar-refractivity contribution is 7.00. The van der Waals surface area contributed by atoms with E-state index in [-0.39, 0.29) is 19.3 Å². The van der Waals surface area contributed by atoms with Crippen LogP contribution in [0.5, 0.6) is 0 Å². The number of aryl methyl sites for hydroxylation is 4. The van der Waals surface area contributed by atoms with Crippen molar-refractivity contribution in [3.8, 4) is 44.5 Å². The molecular weight excluding hydrogens is 936 g/mol. The smallest absolute Gasteiger partial charge is 0.338 e. The second kappa shape index (κ2) is 20.1. The average Bonchev–Trinajstić information content (AvgIpc) is 3.95. The number of nitrogens with zero attached hydrogens (tertiary/aromatic N) is 2. The lowest BCUT2D eigenvalue weighted by molar-refractivity contribution is 0.0473. The van der Waals surface area contributed by atoms with Gasteiger partial charge in [-0.05, 0) is 201 Å². The minimum atomic E-state index is -0.351. The third-order valence-electron chi connectivity index (χ3n) is 16.7. The second-order valence-electron chi connectivity index (χ2n) is 21.6. The largest absolute Gasteiger partial charge is 0.457 e. The molecular formula is C72H59BN2O2. The summed E-state index contributed by atoms with van der Waals surface area (Å²) in [4.78, 5) is 20.2. The Labute approximate surface area is 453 Å². The Kier molecular flexibility index (Phi) is 12.2. The summed E-state index contributed by atoms with van der Waals surface area (Å²) in [6.07, 6.45) is 11.4. The predicted molar refractivity (Wildman–Crippen MR) is 320 cm³/mol. The summed E-state index contributed by atoms with van der Waals surface area (Å²) >= 11 is 0. The van der Waals surface area contributed by atoms with E-state index in [0.29, 0.717) is 5.56 Å². The topological polar surface area (TPSA) is 32.8 Å². The van der Waals surface area contributed by atoms with Gasteiger partial charge in [-0.2, -0.15) is 0 Å². The van der Waals surface area contributed by atoms with E-state index >= 15 is 4.79 Å². The summed E-state index contributed by atoms with van der Waals surface area (Å²) in [6.45, 7) is 0.0661. The third-order valence-corrected chi connectivity index (χ3v) is 16.7. The second-order valence-corrected chi connectivity index (χ2v) is 21.6. The van der Waals surface area contributed by atoms with Crippen molar-refractivity contribution in [3.63, 3.8) is 0 Å². The molecule has 0 saturated carbocycles. The van der Waals surface area contributed by atoms with Crippen molar-refractivity contribution in [1.29, 1.82) is 0 Å². The first-order valence-corrected chi connectivity index (χ1v) is 27.9. The molecule has 0 amide bonds. The lowest BCUT2D eigenvalue weighted by Gasteiger charge is -2.45. The molecule has 14 rings (SSSR count). The number of anilines is 6. The van der Waals surface area contributed by atoms with Crippen molar-refractivity contribution < 1.29 is 9.53 Å². The van der Waals surface area contributed by atoms with E-state index in [1.165, 1.54) is 88.5 Å². The first kappa shape index (κ1) is 46.8. The zero-order chi connectivity index (χ0) is 51.2. The molecule has 77 heavy (non-hydrogen) atoms. The zero-order valence-corrected chi connectivity index (χ0v) is 43.4. The monoisotopic (exact) mass is 994 g/mol. The number of esters is 1. The molecule has 10 aromatic carbocycles. The van der Waals surface area contributed by atoms with Crippen LogP contribution in [-0.4, -0.2) is 12.7 Å². The van der Waals surface area contributed by atoms with Gasteiger partial charge in [-0.3, -0.25) is 0 Å². The van der Waals surface area contributed by atoms with Crippen molar-refractivity contribution in [2.75, 3.05) is 9.80 Å². The Balaban J connectivity index is 1.09. The van der Waals surface area contributed by atoms with Crippen LogP contribution in [0.1, 0.15) is 76.7 Å². The van der Waals surface area contributed by atoms with E-state index in [2.05, 4.69) is 204 Å². The lowest BCUT2D eigenvalue weighted by atomic mass is 9.33. The van der Waals surface area contributed by atoms with Crippen LogP contribution in [0.2, 0.25) is 0 Å². The summed E-state index contributed by atoms with van der Waals surface area (Å²) in [5, 5.41) is 0. The van der Waals surface area contributed by atoms with Crippen molar-refractivity contribution in [2.24, 2.45) is 0 Å². The molecule has 0 saturated heterocycles. The Morgan fingerprint density at radius 1 is 0.364 bits per heavy atom. The summed E-state index contributed by atoms with van der Waals surface area (Å²) < 4.78 is 6.38. The first-order valence-electron chi connectivity index (χ1n) is 27.9. The minimum absolute atomic E-state index is 0.106. The van der Waals surface area contributed by atoms with E-state index in [0.717, 1.165) is 98.5 Å². The molecule has 0 aromatic heterocycles. The van der Waals surface area contributed by atoms with Gasteiger partial charge >= 0.3 is 5.97 Å². The van der Waals surface area contributed by atoms with Gasteiger partial charge in [-0.25, -0.2) is 4.79 Å². The standard InChI is InChI=1S/C72H59BN2O2/c76-72(77-48-49-22-8-1-9-23-49)62-46-69-71-70(47-62)75(64-40-60(52-28-14-4-15-29-52)37-61(41-64)53-30-16-5-17-31-53)68-45-57-35-21-7-19-33-55(57)43-66(68)73(71)65-42-54-32-18-6-20-34-56(54)44-67(65)74(69)63-38-58(50-24-10-2-11-25-50)36-59(39-63)51-26-12-3-13-27-51/h1-5,8-17,22-31,36-47H,6-7,18-21,32-35,48H2. The van der Waals surface area contributed by atoms with Crippen LogP contribution in [0.3, 0.4) is 0 Å². The number of hydrogen-bond donors (Lipinski definition) is 0. The Morgan fingerprint density at radius 3 is 1.09 bits per heavy atom. The molecule has 0 fully saturated rings. The van der Waals surface area contributed by atoms with E-state index in [1.54, 1.807) is 0 Å².